The molecule has 1 heterocycles. The summed E-state index contributed by atoms with van der Waals surface area (Å²) in [6.07, 6.45) is 1.24. The summed E-state index contributed by atoms with van der Waals surface area (Å²) in [5, 5.41) is 0. The van der Waals surface area contributed by atoms with Crippen molar-refractivity contribution in [3.63, 3.8) is 0 Å². The van der Waals surface area contributed by atoms with E-state index in [0.29, 0.717) is 0 Å². The lowest BCUT2D eigenvalue weighted by Gasteiger charge is -2.06. The van der Waals surface area contributed by atoms with Crippen LogP contribution in [0.1, 0.15) is 24.2 Å². The van der Waals surface area contributed by atoms with Gasteiger partial charge in [0, 0.05) is 12.3 Å². The molecule has 0 aliphatic heterocycles. The van der Waals surface area contributed by atoms with E-state index in [0.717, 1.165) is 0 Å². The number of esters is 1. The maximum atomic E-state index is 11.2. The number of nitrogens with one attached hydrogen (secondary N) is 1. The Morgan fingerprint density at radius 2 is 2.23 bits per heavy atom. The fourth-order valence-corrected chi connectivity index (χ4v) is 0.854. The summed E-state index contributed by atoms with van der Waals surface area (Å²) in [6, 6.07) is 2.72. The Kier molecular flexibility index (Phi) is 2.84. The molecule has 13 heavy (non-hydrogen) atoms. The number of hydrogen-bond acceptors (Lipinski definition) is 3. The molecule has 1 aromatic heterocycles. The fraction of sp³-hybridized carbons (Fsp3) is 0.333. The Morgan fingerprint density at radius 1 is 1.54 bits per heavy atom. The predicted molar refractivity (Wildman–Crippen MR) is 47.6 cm³/mol. The van der Waals surface area contributed by atoms with Gasteiger partial charge in [-0.1, -0.05) is 0 Å². The molecule has 4 nitrogen and oxygen atoms in total. The Bertz CT molecular complexity index is 354. The van der Waals surface area contributed by atoms with Crippen molar-refractivity contribution in [3.05, 3.63) is 34.2 Å². The number of H-pyrrole nitrogens is 1. The van der Waals surface area contributed by atoms with E-state index in [-0.39, 0.29) is 17.2 Å². The number of aromatic nitrogens is 1. The molecule has 1 aromatic rings. The molecular weight excluding hydrogens is 170 g/mol. The molecule has 0 unspecified atom stereocenters. The first kappa shape index (κ1) is 9.51. The second-order valence-electron chi connectivity index (χ2n) is 2.90. The first-order valence-electron chi connectivity index (χ1n) is 3.99. The first-order valence-corrected chi connectivity index (χ1v) is 3.99. The van der Waals surface area contributed by atoms with Crippen molar-refractivity contribution in [3.8, 4) is 0 Å². The van der Waals surface area contributed by atoms with Gasteiger partial charge < -0.3 is 9.72 Å². The summed E-state index contributed by atoms with van der Waals surface area (Å²) in [5.74, 6) is -0.471. The van der Waals surface area contributed by atoms with Crippen molar-refractivity contribution in [1.29, 1.82) is 0 Å². The van der Waals surface area contributed by atoms with Gasteiger partial charge in [0.1, 0.15) is 0 Å². The van der Waals surface area contributed by atoms with Crippen LogP contribution >= 0.6 is 0 Å². The number of ether oxygens (including phenoxy) is 1. The van der Waals surface area contributed by atoms with Crippen LogP contribution in [0.25, 0.3) is 0 Å². The third kappa shape index (κ3) is 2.74. The molecule has 0 spiro atoms. The minimum atomic E-state index is -0.471. The number of aromatic amines is 1. The molecule has 0 saturated heterocycles. The maximum absolute atomic E-state index is 11.2. The number of pyridine rings is 1. The maximum Gasteiger partial charge on any atom is 0.338 e. The van der Waals surface area contributed by atoms with E-state index in [2.05, 4.69) is 4.98 Å². The van der Waals surface area contributed by atoms with Gasteiger partial charge >= 0.3 is 5.97 Å². The summed E-state index contributed by atoms with van der Waals surface area (Å²) in [6.45, 7) is 3.51. The third-order valence-corrected chi connectivity index (χ3v) is 1.35. The monoisotopic (exact) mass is 181 g/mol. The molecule has 1 rings (SSSR count). The third-order valence-electron chi connectivity index (χ3n) is 1.35. The molecular formula is C9H11NO3. The Labute approximate surface area is 75.5 Å². The normalized spacial score (nSPS) is 10.1. The van der Waals surface area contributed by atoms with E-state index < -0.39 is 5.97 Å². The number of carbonyl (C=O) groups excluding carboxylic acids is 1. The van der Waals surface area contributed by atoms with Gasteiger partial charge in [0.15, 0.2) is 0 Å². The molecule has 0 aliphatic rings. The van der Waals surface area contributed by atoms with Gasteiger partial charge in [0.25, 0.3) is 0 Å². The predicted octanol–water partition coefficient (Wildman–Crippen LogP) is 0.940. The largest absolute Gasteiger partial charge is 0.459 e. The molecule has 0 bridgehead atoms. The number of rotatable bonds is 2. The van der Waals surface area contributed by atoms with E-state index >= 15 is 0 Å². The van der Waals surface area contributed by atoms with E-state index in [1.165, 1.54) is 18.3 Å². The van der Waals surface area contributed by atoms with Crippen LogP contribution in [-0.2, 0) is 4.74 Å². The molecule has 0 amide bonds. The number of carbonyl (C=O) groups is 1. The van der Waals surface area contributed by atoms with Gasteiger partial charge in [-0.15, -0.1) is 0 Å². The zero-order valence-electron chi connectivity index (χ0n) is 7.53. The molecule has 1 N–H and O–H groups in total. The van der Waals surface area contributed by atoms with Crippen LogP contribution in [0, 0.1) is 0 Å². The van der Waals surface area contributed by atoms with Crippen molar-refractivity contribution >= 4 is 5.97 Å². The summed E-state index contributed by atoms with van der Waals surface area (Å²) in [7, 11) is 0. The first-order chi connectivity index (χ1) is 6.09. The SMILES string of the molecule is CC(C)OC(=O)c1cc[nH]c(=O)c1. The lowest BCUT2D eigenvalue weighted by atomic mass is 10.3. The van der Waals surface area contributed by atoms with Crippen LogP contribution in [-0.4, -0.2) is 17.1 Å². The highest BCUT2D eigenvalue weighted by Crippen LogP contribution is 1.99. The van der Waals surface area contributed by atoms with Gasteiger partial charge in [0.2, 0.25) is 5.56 Å². The molecule has 0 radical (unpaired) electrons. The fourth-order valence-electron chi connectivity index (χ4n) is 0.854. The van der Waals surface area contributed by atoms with Crippen LogP contribution < -0.4 is 5.56 Å². The molecule has 0 atom stereocenters. The van der Waals surface area contributed by atoms with Crippen molar-refractivity contribution < 1.29 is 9.53 Å². The molecule has 70 valence electrons. The van der Waals surface area contributed by atoms with E-state index in [4.69, 9.17) is 4.74 Å². The molecule has 0 aliphatic carbocycles. The average Bonchev–Trinajstić information content (AvgIpc) is 2.03. The smallest absolute Gasteiger partial charge is 0.338 e. The average molecular weight is 181 g/mol. The topological polar surface area (TPSA) is 59.2 Å². The zero-order chi connectivity index (χ0) is 9.84. The lowest BCUT2D eigenvalue weighted by Crippen LogP contribution is -2.14. The molecule has 4 heteroatoms. The Morgan fingerprint density at radius 3 is 2.77 bits per heavy atom. The van der Waals surface area contributed by atoms with E-state index in [1.54, 1.807) is 13.8 Å². The van der Waals surface area contributed by atoms with E-state index in [9.17, 15) is 9.59 Å². The van der Waals surface area contributed by atoms with Crippen molar-refractivity contribution in [2.45, 2.75) is 20.0 Å². The highest BCUT2D eigenvalue weighted by molar-refractivity contribution is 5.89. The Balaban J connectivity index is 2.83. The van der Waals surface area contributed by atoms with Crippen LogP contribution in [0.4, 0.5) is 0 Å². The van der Waals surface area contributed by atoms with Gasteiger partial charge in [0.05, 0.1) is 11.7 Å². The zero-order valence-corrected chi connectivity index (χ0v) is 7.53. The van der Waals surface area contributed by atoms with Crippen LogP contribution in [0.5, 0.6) is 0 Å². The molecule has 0 fully saturated rings. The molecule has 0 saturated carbocycles. The Hall–Kier alpha value is -1.58. The van der Waals surface area contributed by atoms with Crippen molar-refractivity contribution in [2.75, 3.05) is 0 Å². The van der Waals surface area contributed by atoms with Gasteiger partial charge in [-0.05, 0) is 19.9 Å². The van der Waals surface area contributed by atoms with Crippen LogP contribution in [0.2, 0.25) is 0 Å². The van der Waals surface area contributed by atoms with Crippen molar-refractivity contribution in [2.24, 2.45) is 0 Å². The minimum absolute atomic E-state index is 0.174. The summed E-state index contributed by atoms with van der Waals surface area (Å²) >= 11 is 0. The van der Waals surface area contributed by atoms with Gasteiger partial charge in [-0.2, -0.15) is 0 Å². The number of hydrogen-bond donors (Lipinski definition) is 1. The second-order valence-corrected chi connectivity index (χ2v) is 2.90. The van der Waals surface area contributed by atoms with Crippen LogP contribution in [0.3, 0.4) is 0 Å². The van der Waals surface area contributed by atoms with Crippen molar-refractivity contribution in [1.82, 2.24) is 4.98 Å². The lowest BCUT2D eigenvalue weighted by molar-refractivity contribution is 0.0377. The minimum Gasteiger partial charge on any atom is -0.459 e. The standard InChI is InChI=1S/C9H11NO3/c1-6(2)13-9(12)7-3-4-10-8(11)5-7/h3-6H,1-2H3,(H,10,11). The molecule has 0 aromatic carbocycles. The quantitative estimate of drug-likeness (QED) is 0.691. The summed E-state index contributed by atoms with van der Waals surface area (Å²) in [5.41, 5.74) is -0.0318. The van der Waals surface area contributed by atoms with Crippen LogP contribution in [0.15, 0.2) is 23.1 Å². The second kappa shape index (κ2) is 3.89. The van der Waals surface area contributed by atoms with Gasteiger partial charge in [-0.25, -0.2) is 4.79 Å². The summed E-state index contributed by atoms with van der Waals surface area (Å²) in [4.78, 5) is 24.5. The highest BCUT2D eigenvalue weighted by atomic mass is 16.5. The van der Waals surface area contributed by atoms with E-state index in [1.807, 2.05) is 0 Å². The highest BCUT2D eigenvalue weighted by Gasteiger charge is 2.08. The van der Waals surface area contributed by atoms with Gasteiger partial charge in [-0.3, -0.25) is 4.79 Å². The summed E-state index contributed by atoms with van der Waals surface area (Å²) < 4.78 is 4.90.